The van der Waals surface area contributed by atoms with Gasteiger partial charge in [-0.1, -0.05) is 6.07 Å². The second kappa shape index (κ2) is 6.68. The van der Waals surface area contributed by atoms with E-state index in [9.17, 15) is 13.2 Å². The van der Waals surface area contributed by atoms with Crippen molar-refractivity contribution in [3.05, 3.63) is 42.0 Å². The second-order valence-electron chi connectivity index (χ2n) is 4.35. The van der Waals surface area contributed by atoms with Gasteiger partial charge in [0.15, 0.2) is 0 Å². The number of hydrogen-bond donors (Lipinski definition) is 1. The first-order valence-electron chi connectivity index (χ1n) is 6.27. The zero-order chi connectivity index (χ0) is 15.3. The Labute approximate surface area is 119 Å². The Morgan fingerprint density at radius 1 is 1.33 bits per heavy atom. The van der Waals surface area contributed by atoms with Crippen molar-refractivity contribution >= 4 is 0 Å². The first kappa shape index (κ1) is 15.5. The molecule has 0 atom stereocenters. The number of nitrogens with one attached hydrogen (secondary N) is 1. The van der Waals surface area contributed by atoms with Crippen LogP contribution in [0.1, 0.15) is 11.1 Å². The van der Waals surface area contributed by atoms with Gasteiger partial charge in [-0.3, -0.25) is 0 Å². The van der Waals surface area contributed by atoms with E-state index in [-0.39, 0.29) is 12.1 Å². The third-order valence-electron chi connectivity index (χ3n) is 2.88. The Morgan fingerprint density at radius 2 is 2.14 bits per heavy atom. The minimum Gasteiger partial charge on any atom is -0.383 e. The summed E-state index contributed by atoms with van der Waals surface area (Å²) >= 11 is 0. The highest BCUT2D eigenvalue weighted by Crippen LogP contribution is 2.33. The van der Waals surface area contributed by atoms with Gasteiger partial charge < -0.3 is 10.1 Å². The van der Waals surface area contributed by atoms with Crippen molar-refractivity contribution in [1.82, 2.24) is 20.1 Å². The van der Waals surface area contributed by atoms with Gasteiger partial charge in [0.1, 0.15) is 12.7 Å². The van der Waals surface area contributed by atoms with E-state index in [1.165, 1.54) is 30.5 Å². The van der Waals surface area contributed by atoms with Crippen molar-refractivity contribution in [3.8, 4) is 5.69 Å². The zero-order valence-corrected chi connectivity index (χ0v) is 11.4. The maximum atomic E-state index is 13.1. The van der Waals surface area contributed by atoms with Gasteiger partial charge in [0.2, 0.25) is 0 Å². The molecule has 1 heterocycles. The van der Waals surface area contributed by atoms with Crippen LogP contribution in [0, 0.1) is 0 Å². The van der Waals surface area contributed by atoms with E-state index in [1.54, 1.807) is 6.07 Å². The van der Waals surface area contributed by atoms with Crippen LogP contribution in [0.2, 0.25) is 0 Å². The number of ether oxygens (including phenoxy) is 1. The normalized spacial score (nSPS) is 11.8. The molecule has 1 aromatic carbocycles. The monoisotopic (exact) mass is 300 g/mol. The van der Waals surface area contributed by atoms with Gasteiger partial charge in [0, 0.05) is 20.2 Å². The number of halogens is 3. The van der Waals surface area contributed by atoms with Crippen LogP contribution in [0.4, 0.5) is 13.2 Å². The van der Waals surface area contributed by atoms with Crippen LogP contribution in [0.25, 0.3) is 5.69 Å². The lowest BCUT2D eigenvalue weighted by atomic mass is 10.1. The molecule has 0 spiro atoms. The molecule has 0 radical (unpaired) electrons. The van der Waals surface area contributed by atoms with Crippen molar-refractivity contribution in [2.24, 2.45) is 0 Å². The van der Waals surface area contributed by atoms with E-state index in [0.717, 1.165) is 6.07 Å². The van der Waals surface area contributed by atoms with Crippen LogP contribution in [-0.2, 0) is 17.5 Å². The average molecular weight is 300 g/mol. The van der Waals surface area contributed by atoms with Crippen LogP contribution >= 0.6 is 0 Å². The summed E-state index contributed by atoms with van der Waals surface area (Å²) in [7, 11) is 1.54. The number of alkyl halides is 3. The minimum absolute atomic E-state index is 0.121. The predicted octanol–water partition coefficient (Wildman–Crippen LogP) is 2.02. The van der Waals surface area contributed by atoms with Gasteiger partial charge in [-0.2, -0.15) is 18.3 Å². The molecule has 0 bridgehead atoms. The summed E-state index contributed by atoms with van der Waals surface area (Å²) in [6.45, 7) is 1.05. The van der Waals surface area contributed by atoms with Gasteiger partial charge in [-0.05, 0) is 17.7 Å². The molecule has 0 saturated carbocycles. The zero-order valence-electron chi connectivity index (χ0n) is 11.4. The molecule has 1 aromatic heterocycles. The SMILES string of the molecule is COCCNCc1ccc(-n2cncn2)cc1C(F)(F)F. The van der Waals surface area contributed by atoms with Crippen molar-refractivity contribution in [3.63, 3.8) is 0 Å². The maximum Gasteiger partial charge on any atom is 0.416 e. The number of aromatic nitrogens is 3. The number of nitrogens with zero attached hydrogens (tertiary/aromatic N) is 3. The molecule has 0 fully saturated rings. The number of rotatable bonds is 6. The molecule has 0 aliphatic rings. The van der Waals surface area contributed by atoms with Crippen LogP contribution in [0.3, 0.4) is 0 Å². The summed E-state index contributed by atoms with van der Waals surface area (Å²) in [5, 5.41) is 6.74. The van der Waals surface area contributed by atoms with E-state index in [4.69, 9.17) is 4.74 Å². The minimum atomic E-state index is -4.42. The van der Waals surface area contributed by atoms with Crippen molar-refractivity contribution in [1.29, 1.82) is 0 Å². The average Bonchev–Trinajstić information content (AvgIpc) is 2.97. The fraction of sp³-hybridized carbons (Fsp3) is 0.385. The lowest BCUT2D eigenvalue weighted by Crippen LogP contribution is -2.21. The summed E-state index contributed by atoms with van der Waals surface area (Å²) < 4.78 is 45.6. The molecule has 5 nitrogen and oxygen atoms in total. The Hall–Kier alpha value is -1.93. The summed E-state index contributed by atoms with van der Waals surface area (Å²) in [5.41, 5.74) is -0.177. The van der Waals surface area contributed by atoms with E-state index in [2.05, 4.69) is 15.4 Å². The topological polar surface area (TPSA) is 52.0 Å². The molecule has 114 valence electrons. The third kappa shape index (κ3) is 4.02. The molecule has 0 unspecified atom stereocenters. The standard InChI is InChI=1S/C13H15F3N4O/c1-21-5-4-17-7-10-2-3-11(20-9-18-8-19-20)6-12(10)13(14,15)16/h2-3,6,8-9,17H,4-5,7H2,1H3. The summed E-state index contributed by atoms with van der Waals surface area (Å²) in [6.07, 6.45) is -1.80. The Bertz CT molecular complexity index is 569. The largest absolute Gasteiger partial charge is 0.416 e. The van der Waals surface area contributed by atoms with Crippen LogP contribution < -0.4 is 5.32 Å². The molecule has 1 N–H and O–H groups in total. The highest BCUT2D eigenvalue weighted by Gasteiger charge is 2.33. The molecule has 0 aliphatic carbocycles. The van der Waals surface area contributed by atoms with Crippen LogP contribution in [0.5, 0.6) is 0 Å². The van der Waals surface area contributed by atoms with Gasteiger partial charge >= 0.3 is 6.18 Å². The van der Waals surface area contributed by atoms with Crippen LogP contribution in [0.15, 0.2) is 30.9 Å². The van der Waals surface area contributed by atoms with E-state index >= 15 is 0 Å². The Balaban J connectivity index is 2.24. The van der Waals surface area contributed by atoms with Gasteiger partial charge in [-0.25, -0.2) is 9.67 Å². The van der Waals surface area contributed by atoms with Crippen molar-refractivity contribution < 1.29 is 17.9 Å². The summed E-state index contributed by atoms with van der Waals surface area (Å²) in [5.74, 6) is 0. The fourth-order valence-corrected chi connectivity index (χ4v) is 1.86. The molecule has 0 amide bonds. The Kier molecular flexibility index (Phi) is 4.92. The number of hydrogen-bond acceptors (Lipinski definition) is 4. The molecule has 2 aromatic rings. The van der Waals surface area contributed by atoms with E-state index in [1.807, 2.05) is 0 Å². The molecular formula is C13H15F3N4O. The number of methoxy groups -OCH3 is 1. The first-order valence-corrected chi connectivity index (χ1v) is 6.27. The van der Waals surface area contributed by atoms with Gasteiger partial charge in [0.05, 0.1) is 17.9 Å². The molecular weight excluding hydrogens is 285 g/mol. The summed E-state index contributed by atoms with van der Waals surface area (Å²) in [6, 6.07) is 4.10. The van der Waals surface area contributed by atoms with Gasteiger partial charge in [-0.15, -0.1) is 0 Å². The van der Waals surface area contributed by atoms with E-state index in [0.29, 0.717) is 18.8 Å². The van der Waals surface area contributed by atoms with Gasteiger partial charge in [0.25, 0.3) is 0 Å². The quantitative estimate of drug-likeness (QED) is 0.829. The predicted molar refractivity (Wildman–Crippen MR) is 69.9 cm³/mol. The van der Waals surface area contributed by atoms with Crippen molar-refractivity contribution in [2.45, 2.75) is 12.7 Å². The summed E-state index contributed by atoms with van der Waals surface area (Å²) in [4.78, 5) is 3.73. The molecule has 8 heteroatoms. The fourth-order valence-electron chi connectivity index (χ4n) is 1.86. The molecule has 0 aliphatic heterocycles. The third-order valence-corrected chi connectivity index (χ3v) is 2.88. The lowest BCUT2D eigenvalue weighted by Gasteiger charge is -2.15. The molecule has 0 saturated heterocycles. The molecule has 21 heavy (non-hydrogen) atoms. The Morgan fingerprint density at radius 3 is 2.76 bits per heavy atom. The number of benzene rings is 1. The lowest BCUT2D eigenvalue weighted by molar-refractivity contribution is -0.138. The maximum absolute atomic E-state index is 13.1. The second-order valence-corrected chi connectivity index (χ2v) is 4.35. The first-order chi connectivity index (χ1) is 10.0. The molecule has 2 rings (SSSR count). The highest BCUT2D eigenvalue weighted by atomic mass is 19.4. The highest BCUT2D eigenvalue weighted by molar-refractivity contribution is 5.41. The van der Waals surface area contributed by atoms with E-state index < -0.39 is 11.7 Å². The van der Waals surface area contributed by atoms with Crippen molar-refractivity contribution in [2.75, 3.05) is 20.3 Å². The van der Waals surface area contributed by atoms with Crippen LogP contribution in [-0.4, -0.2) is 35.0 Å². The smallest absolute Gasteiger partial charge is 0.383 e.